The van der Waals surface area contributed by atoms with Crippen LogP contribution in [0.5, 0.6) is 0 Å². The van der Waals surface area contributed by atoms with E-state index in [1.165, 1.54) is 5.56 Å². The van der Waals surface area contributed by atoms with E-state index in [4.69, 9.17) is 10.2 Å². The molecule has 2 heterocycles. The molecule has 0 radical (unpaired) electrons. The van der Waals surface area contributed by atoms with Gasteiger partial charge in [-0.05, 0) is 43.7 Å². The van der Waals surface area contributed by atoms with E-state index < -0.39 is 0 Å². The Bertz CT molecular complexity index is 1600. The molecule has 1 atom stereocenters. The summed E-state index contributed by atoms with van der Waals surface area (Å²) in [6, 6.07) is 35.9. The van der Waals surface area contributed by atoms with E-state index in [1.54, 1.807) is 5.01 Å². The van der Waals surface area contributed by atoms with Gasteiger partial charge >= 0.3 is 0 Å². The molecule has 5 aromatic rings. The van der Waals surface area contributed by atoms with Crippen LogP contribution in [0.25, 0.3) is 16.9 Å². The highest BCUT2D eigenvalue weighted by Crippen LogP contribution is 2.39. The number of aryl methyl sites for hydroxylation is 2. The zero-order valence-corrected chi connectivity index (χ0v) is 21.5. The van der Waals surface area contributed by atoms with Gasteiger partial charge in [0.15, 0.2) is 0 Å². The van der Waals surface area contributed by atoms with Crippen molar-refractivity contribution in [1.82, 2.24) is 14.8 Å². The maximum atomic E-state index is 13.9. The Balaban J connectivity index is 1.48. The highest BCUT2D eigenvalue weighted by molar-refractivity contribution is 6.05. The Morgan fingerprint density at radius 1 is 0.737 bits per heavy atom. The number of aromatic nitrogens is 2. The number of benzene rings is 4. The molecule has 0 saturated heterocycles. The highest BCUT2D eigenvalue weighted by atomic mass is 16.2. The molecule has 0 bridgehead atoms. The minimum absolute atomic E-state index is 0.122. The summed E-state index contributed by atoms with van der Waals surface area (Å²) < 4.78 is 1.90. The first-order valence-corrected chi connectivity index (χ1v) is 12.8. The second-order valence-electron chi connectivity index (χ2n) is 9.73. The largest absolute Gasteiger partial charge is 0.274 e. The Morgan fingerprint density at radius 3 is 2.00 bits per heavy atom. The van der Waals surface area contributed by atoms with Gasteiger partial charge in [0.25, 0.3) is 5.91 Å². The van der Waals surface area contributed by atoms with Crippen LogP contribution in [0.1, 0.15) is 45.1 Å². The fourth-order valence-corrected chi connectivity index (χ4v) is 4.85. The number of nitrogens with zero attached hydrogens (tertiary/aromatic N) is 4. The van der Waals surface area contributed by atoms with Crippen molar-refractivity contribution in [3.8, 4) is 16.9 Å². The Morgan fingerprint density at radius 2 is 1.34 bits per heavy atom. The van der Waals surface area contributed by atoms with Crippen LogP contribution in [-0.4, -0.2) is 26.4 Å². The standard InChI is InChI=1S/C33H28N4O/c1-23-13-17-25(18-14-23)30-21-31(37(34-30)33(38)27-19-15-24(2)16-20-27)29-22-36(28-11-7-4-8-12-28)35-32(29)26-9-5-3-6-10-26/h3-20,22,31H,21H2,1-2H3. The number of hydrazone groups is 1. The lowest BCUT2D eigenvalue weighted by atomic mass is 9.96. The van der Waals surface area contributed by atoms with Crippen molar-refractivity contribution in [1.29, 1.82) is 0 Å². The van der Waals surface area contributed by atoms with Crippen LogP contribution in [0, 0.1) is 13.8 Å². The Hall–Kier alpha value is -4.77. The van der Waals surface area contributed by atoms with Crippen molar-refractivity contribution in [2.75, 3.05) is 0 Å². The lowest BCUT2D eigenvalue weighted by Gasteiger charge is -2.22. The molecule has 1 unspecified atom stereocenters. The number of hydrogen-bond donors (Lipinski definition) is 0. The van der Waals surface area contributed by atoms with E-state index in [1.807, 2.05) is 90.6 Å². The van der Waals surface area contributed by atoms with Crippen LogP contribution in [0.15, 0.2) is 120 Å². The summed E-state index contributed by atoms with van der Waals surface area (Å²) in [6.45, 7) is 4.09. The van der Waals surface area contributed by atoms with E-state index >= 15 is 0 Å². The fourth-order valence-electron chi connectivity index (χ4n) is 4.85. The molecule has 5 nitrogen and oxygen atoms in total. The molecule has 1 aliphatic heterocycles. The summed E-state index contributed by atoms with van der Waals surface area (Å²) in [6.07, 6.45) is 2.65. The second kappa shape index (κ2) is 9.94. The molecule has 186 valence electrons. The molecule has 0 N–H and O–H groups in total. The summed E-state index contributed by atoms with van der Waals surface area (Å²) in [5, 5.41) is 11.6. The highest BCUT2D eigenvalue weighted by Gasteiger charge is 2.36. The zero-order chi connectivity index (χ0) is 26.1. The molecule has 0 aliphatic carbocycles. The first-order chi connectivity index (χ1) is 18.6. The van der Waals surface area contributed by atoms with Gasteiger partial charge in [-0.1, -0.05) is 96.1 Å². The first-order valence-electron chi connectivity index (χ1n) is 12.8. The van der Waals surface area contributed by atoms with Gasteiger partial charge in [0, 0.05) is 29.3 Å². The summed E-state index contributed by atoms with van der Waals surface area (Å²) in [5.74, 6) is -0.122. The third-order valence-corrected chi connectivity index (χ3v) is 6.97. The van der Waals surface area contributed by atoms with E-state index in [0.717, 1.165) is 39.3 Å². The molecule has 5 heteroatoms. The molecule has 0 fully saturated rings. The lowest BCUT2D eigenvalue weighted by molar-refractivity contribution is 0.0711. The summed E-state index contributed by atoms with van der Waals surface area (Å²) in [4.78, 5) is 13.9. The van der Waals surface area contributed by atoms with Crippen molar-refractivity contribution in [3.63, 3.8) is 0 Å². The Labute approximate surface area is 222 Å². The molecular formula is C33H28N4O. The second-order valence-corrected chi connectivity index (χ2v) is 9.73. The quantitative estimate of drug-likeness (QED) is 0.259. The third kappa shape index (κ3) is 4.55. The van der Waals surface area contributed by atoms with Crippen molar-refractivity contribution >= 4 is 11.6 Å². The van der Waals surface area contributed by atoms with Crippen molar-refractivity contribution < 1.29 is 4.79 Å². The van der Waals surface area contributed by atoms with E-state index in [0.29, 0.717) is 12.0 Å². The summed E-state index contributed by atoms with van der Waals surface area (Å²) >= 11 is 0. The first kappa shape index (κ1) is 23.6. The SMILES string of the molecule is Cc1ccc(C(=O)N2N=C(c3ccc(C)cc3)CC2c2cn(-c3ccccc3)nc2-c2ccccc2)cc1. The zero-order valence-electron chi connectivity index (χ0n) is 21.5. The van der Waals surface area contributed by atoms with Crippen molar-refractivity contribution in [2.45, 2.75) is 26.3 Å². The molecule has 1 aromatic heterocycles. The van der Waals surface area contributed by atoms with Gasteiger partial charge in [0.2, 0.25) is 0 Å². The van der Waals surface area contributed by atoms with Crippen molar-refractivity contribution in [3.05, 3.63) is 143 Å². The number of para-hydroxylation sites is 1. The van der Waals surface area contributed by atoms with Crippen molar-refractivity contribution in [2.24, 2.45) is 5.10 Å². The minimum atomic E-state index is -0.298. The van der Waals surface area contributed by atoms with Crippen LogP contribution in [0.4, 0.5) is 0 Å². The van der Waals surface area contributed by atoms with E-state index in [-0.39, 0.29) is 11.9 Å². The average Bonchev–Trinajstić information content (AvgIpc) is 3.60. The van der Waals surface area contributed by atoms with Gasteiger partial charge in [-0.3, -0.25) is 4.79 Å². The van der Waals surface area contributed by atoms with Crippen LogP contribution in [-0.2, 0) is 0 Å². The van der Waals surface area contributed by atoms with Crippen LogP contribution in [0.3, 0.4) is 0 Å². The molecule has 0 saturated carbocycles. The predicted molar refractivity (Wildman–Crippen MR) is 151 cm³/mol. The number of amides is 1. The van der Waals surface area contributed by atoms with Gasteiger partial charge in [0.05, 0.1) is 23.1 Å². The topological polar surface area (TPSA) is 50.5 Å². The van der Waals surface area contributed by atoms with Gasteiger partial charge in [-0.15, -0.1) is 0 Å². The van der Waals surface area contributed by atoms with Gasteiger partial charge in [0.1, 0.15) is 0 Å². The molecule has 0 spiro atoms. The average molecular weight is 497 g/mol. The number of rotatable bonds is 5. The Kier molecular flexibility index (Phi) is 6.18. The smallest absolute Gasteiger partial charge is 0.267 e. The molecule has 6 rings (SSSR count). The predicted octanol–water partition coefficient (Wildman–Crippen LogP) is 7.15. The lowest BCUT2D eigenvalue weighted by Crippen LogP contribution is -2.27. The van der Waals surface area contributed by atoms with E-state index in [9.17, 15) is 4.79 Å². The molecular weight excluding hydrogens is 468 g/mol. The fraction of sp³-hybridized carbons (Fsp3) is 0.121. The normalized spacial score (nSPS) is 14.9. The summed E-state index contributed by atoms with van der Waals surface area (Å²) in [7, 11) is 0. The maximum absolute atomic E-state index is 13.9. The molecule has 4 aromatic carbocycles. The number of carbonyl (C=O) groups is 1. The van der Waals surface area contributed by atoms with Gasteiger partial charge < -0.3 is 0 Å². The molecule has 1 amide bonds. The van der Waals surface area contributed by atoms with Crippen LogP contribution in [0.2, 0.25) is 0 Å². The maximum Gasteiger partial charge on any atom is 0.274 e. The monoisotopic (exact) mass is 496 g/mol. The number of carbonyl (C=O) groups excluding carboxylic acids is 1. The third-order valence-electron chi connectivity index (χ3n) is 6.97. The van der Waals surface area contributed by atoms with Gasteiger partial charge in [-0.2, -0.15) is 10.2 Å². The van der Waals surface area contributed by atoms with Gasteiger partial charge in [-0.25, -0.2) is 9.69 Å². The molecule has 38 heavy (non-hydrogen) atoms. The molecule has 1 aliphatic rings. The van der Waals surface area contributed by atoms with E-state index in [2.05, 4.69) is 43.3 Å². The van der Waals surface area contributed by atoms with Crippen LogP contribution < -0.4 is 0 Å². The summed E-state index contributed by atoms with van der Waals surface area (Å²) in [5.41, 5.74) is 8.61. The number of hydrogen-bond acceptors (Lipinski definition) is 3. The van der Waals surface area contributed by atoms with Crippen LogP contribution >= 0.6 is 0 Å². The minimum Gasteiger partial charge on any atom is -0.267 e.